The van der Waals surface area contributed by atoms with E-state index in [2.05, 4.69) is 37.2 Å². The molecule has 2 aromatic carbocycles. The first kappa shape index (κ1) is 15.3. The van der Waals surface area contributed by atoms with Gasteiger partial charge < -0.3 is 10.1 Å². The highest BCUT2D eigenvalue weighted by molar-refractivity contribution is 9.11. The number of benzene rings is 2. The van der Waals surface area contributed by atoms with E-state index in [9.17, 15) is 8.78 Å². The second kappa shape index (κ2) is 6.54. The van der Waals surface area contributed by atoms with Gasteiger partial charge in [-0.1, -0.05) is 12.1 Å². The van der Waals surface area contributed by atoms with E-state index in [1.807, 2.05) is 6.07 Å². The van der Waals surface area contributed by atoms with Gasteiger partial charge in [-0.2, -0.15) is 0 Å². The third kappa shape index (κ3) is 3.30. The van der Waals surface area contributed by atoms with Gasteiger partial charge in [0, 0.05) is 22.6 Å². The lowest BCUT2D eigenvalue weighted by atomic mass is 10.2. The van der Waals surface area contributed by atoms with Crippen LogP contribution in [0.1, 0.15) is 5.56 Å². The van der Waals surface area contributed by atoms with Gasteiger partial charge in [0.15, 0.2) is 11.6 Å². The van der Waals surface area contributed by atoms with Crippen molar-refractivity contribution in [2.75, 3.05) is 12.4 Å². The van der Waals surface area contributed by atoms with Gasteiger partial charge in [-0.3, -0.25) is 0 Å². The molecule has 0 radical (unpaired) electrons. The Labute approximate surface area is 132 Å². The van der Waals surface area contributed by atoms with E-state index >= 15 is 0 Å². The van der Waals surface area contributed by atoms with Crippen LogP contribution in [0.3, 0.4) is 0 Å². The molecule has 0 amide bonds. The highest BCUT2D eigenvalue weighted by Crippen LogP contribution is 2.34. The van der Waals surface area contributed by atoms with E-state index in [1.54, 1.807) is 13.2 Å². The summed E-state index contributed by atoms with van der Waals surface area (Å²) < 4.78 is 33.5. The number of rotatable bonds is 4. The maximum Gasteiger partial charge on any atom is 0.163 e. The molecule has 1 N–H and O–H groups in total. The van der Waals surface area contributed by atoms with E-state index in [0.717, 1.165) is 20.7 Å². The number of nitrogens with one attached hydrogen (secondary N) is 1. The molecule has 0 fully saturated rings. The molecule has 20 heavy (non-hydrogen) atoms. The zero-order valence-electron chi connectivity index (χ0n) is 10.5. The van der Waals surface area contributed by atoms with Gasteiger partial charge in [-0.25, -0.2) is 8.78 Å². The Balaban J connectivity index is 2.21. The number of anilines is 1. The molecule has 0 aliphatic rings. The molecule has 0 aliphatic carbocycles. The van der Waals surface area contributed by atoms with Crippen LogP contribution in [0.25, 0.3) is 0 Å². The lowest BCUT2D eigenvalue weighted by molar-refractivity contribution is 0.412. The summed E-state index contributed by atoms with van der Waals surface area (Å²) in [4.78, 5) is 0. The SMILES string of the molecule is COc1cc(NCc2cccc(F)c2F)c(Br)cc1Br. The predicted molar refractivity (Wildman–Crippen MR) is 82.1 cm³/mol. The third-order valence-corrected chi connectivity index (χ3v) is 4.02. The van der Waals surface area contributed by atoms with Gasteiger partial charge in [0.05, 0.1) is 17.3 Å². The maximum atomic E-state index is 13.6. The zero-order chi connectivity index (χ0) is 14.7. The molecule has 0 aliphatic heterocycles. The molecule has 0 saturated carbocycles. The van der Waals surface area contributed by atoms with Crippen molar-refractivity contribution in [2.24, 2.45) is 0 Å². The quantitative estimate of drug-likeness (QED) is 0.761. The van der Waals surface area contributed by atoms with Crippen LogP contribution in [0, 0.1) is 11.6 Å². The molecule has 2 rings (SSSR count). The second-order valence-electron chi connectivity index (χ2n) is 4.03. The summed E-state index contributed by atoms with van der Waals surface area (Å²) in [6.45, 7) is 0.174. The molecule has 0 spiro atoms. The van der Waals surface area contributed by atoms with Crippen LogP contribution in [0.15, 0.2) is 39.3 Å². The van der Waals surface area contributed by atoms with Gasteiger partial charge in [0.2, 0.25) is 0 Å². The Hall–Kier alpha value is -1.14. The number of methoxy groups -OCH3 is 1. The van der Waals surface area contributed by atoms with Gasteiger partial charge in [-0.05, 0) is 44.0 Å². The van der Waals surface area contributed by atoms with Crippen LogP contribution >= 0.6 is 31.9 Å². The Morgan fingerprint density at radius 3 is 2.60 bits per heavy atom. The van der Waals surface area contributed by atoms with Crippen molar-refractivity contribution in [1.82, 2.24) is 0 Å². The lowest BCUT2D eigenvalue weighted by Crippen LogP contribution is -2.04. The highest BCUT2D eigenvalue weighted by Gasteiger charge is 2.10. The van der Waals surface area contributed by atoms with Crippen LogP contribution in [-0.2, 0) is 6.54 Å². The van der Waals surface area contributed by atoms with Crippen molar-refractivity contribution < 1.29 is 13.5 Å². The maximum absolute atomic E-state index is 13.6. The molecule has 106 valence electrons. The van der Waals surface area contributed by atoms with Crippen LogP contribution < -0.4 is 10.1 Å². The van der Waals surface area contributed by atoms with Crippen LogP contribution in [0.2, 0.25) is 0 Å². The second-order valence-corrected chi connectivity index (χ2v) is 5.74. The van der Waals surface area contributed by atoms with Gasteiger partial charge in [0.1, 0.15) is 5.75 Å². The largest absolute Gasteiger partial charge is 0.495 e. The molecular weight excluding hydrogens is 396 g/mol. The van der Waals surface area contributed by atoms with E-state index in [1.165, 1.54) is 12.1 Å². The Bertz CT molecular complexity index is 635. The summed E-state index contributed by atoms with van der Waals surface area (Å²) in [7, 11) is 1.56. The number of ether oxygens (including phenoxy) is 1. The van der Waals surface area contributed by atoms with E-state index in [4.69, 9.17) is 4.74 Å². The Morgan fingerprint density at radius 1 is 1.15 bits per heavy atom. The average molecular weight is 407 g/mol. The van der Waals surface area contributed by atoms with Crippen molar-refractivity contribution >= 4 is 37.5 Å². The first-order valence-corrected chi connectivity index (χ1v) is 7.31. The summed E-state index contributed by atoms with van der Waals surface area (Å²) in [5.74, 6) is -1.03. The Kier molecular flexibility index (Phi) is 4.99. The molecule has 2 nitrogen and oxygen atoms in total. The molecule has 0 saturated heterocycles. The molecule has 6 heteroatoms. The molecule has 0 aromatic heterocycles. The number of hydrogen-bond acceptors (Lipinski definition) is 2. The molecule has 0 unspecified atom stereocenters. The van der Waals surface area contributed by atoms with E-state index in [-0.39, 0.29) is 12.1 Å². The molecule has 0 atom stereocenters. The predicted octanol–water partition coefficient (Wildman–Crippen LogP) is 5.11. The fourth-order valence-corrected chi connectivity index (χ4v) is 2.99. The van der Waals surface area contributed by atoms with Crippen LogP contribution in [-0.4, -0.2) is 7.11 Å². The molecule has 0 heterocycles. The van der Waals surface area contributed by atoms with Crippen molar-refractivity contribution in [1.29, 1.82) is 0 Å². The highest BCUT2D eigenvalue weighted by atomic mass is 79.9. The first-order chi connectivity index (χ1) is 9.52. The fraction of sp³-hybridized carbons (Fsp3) is 0.143. The summed E-state index contributed by atoms with van der Waals surface area (Å²) in [5.41, 5.74) is 0.993. The summed E-state index contributed by atoms with van der Waals surface area (Å²) >= 11 is 6.77. The van der Waals surface area contributed by atoms with Gasteiger partial charge in [-0.15, -0.1) is 0 Å². The minimum atomic E-state index is -0.850. The number of halogens is 4. The fourth-order valence-electron chi connectivity index (χ4n) is 1.70. The summed E-state index contributed by atoms with van der Waals surface area (Å²) in [6, 6.07) is 7.70. The molecule has 0 bridgehead atoms. The van der Waals surface area contributed by atoms with E-state index in [0.29, 0.717) is 5.75 Å². The summed E-state index contributed by atoms with van der Waals surface area (Å²) in [6.07, 6.45) is 0. The average Bonchev–Trinajstić information content (AvgIpc) is 2.42. The Morgan fingerprint density at radius 2 is 1.90 bits per heavy atom. The third-order valence-electron chi connectivity index (χ3n) is 2.74. The standard InChI is InChI=1S/C14H11Br2F2NO/c1-20-13-6-12(9(15)5-10(13)16)19-7-8-3-2-4-11(17)14(8)18/h2-6,19H,7H2,1H3. The monoisotopic (exact) mass is 405 g/mol. The summed E-state index contributed by atoms with van der Waals surface area (Å²) in [5, 5.41) is 3.04. The smallest absolute Gasteiger partial charge is 0.163 e. The van der Waals surface area contributed by atoms with Crippen molar-refractivity contribution in [3.8, 4) is 5.75 Å². The normalized spacial score (nSPS) is 10.4. The van der Waals surface area contributed by atoms with Crippen molar-refractivity contribution in [3.63, 3.8) is 0 Å². The minimum absolute atomic E-state index is 0.174. The van der Waals surface area contributed by atoms with Crippen LogP contribution in [0.5, 0.6) is 5.75 Å². The van der Waals surface area contributed by atoms with E-state index < -0.39 is 11.6 Å². The minimum Gasteiger partial charge on any atom is -0.495 e. The zero-order valence-corrected chi connectivity index (χ0v) is 13.7. The van der Waals surface area contributed by atoms with Crippen molar-refractivity contribution in [2.45, 2.75) is 6.54 Å². The van der Waals surface area contributed by atoms with Gasteiger partial charge >= 0.3 is 0 Å². The molecule has 2 aromatic rings. The number of hydrogen-bond donors (Lipinski definition) is 1. The molecular formula is C14H11Br2F2NO. The first-order valence-electron chi connectivity index (χ1n) is 5.72. The van der Waals surface area contributed by atoms with Crippen LogP contribution in [0.4, 0.5) is 14.5 Å². The van der Waals surface area contributed by atoms with Crippen molar-refractivity contribution in [3.05, 3.63) is 56.5 Å². The topological polar surface area (TPSA) is 21.3 Å². The van der Waals surface area contributed by atoms with Gasteiger partial charge in [0.25, 0.3) is 0 Å². The lowest BCUT2D eigenvalue weighted by Gasteiger charge is -2.12.